The molecule has 11 heavy (non-hydrogen) atoms. The van der Waals surface area contributed by atoms with Crippen LogP contribution < -0.4 is 0 Å². The third-order valence-corrected chi connectivity index (χ3v) is 3.43. The third kappa shape index (κ3) is 1.58. The maximum atomic E-state index is 9.60. The van der Waals surface area contributed by atoms with Gasteiger partial charge in [-0.3, -0.25) is 0 Å². The summed E-state index contributed by atoms with van der Waals surface area (Å²) in [7, 11) is 0. The number of aliphatic hydroxyl groups is 1. The summed E-state index contributed by atoms with van der Waals surface area (Å²) in [5.41, 5.74) is 0. The van der Waals surface area contributed by atoms with E-state index in [2.05, 4.69) is 20.8 Å². The SMILES string of the molecule is CCC1CC(O)C(C)C1CC. The Morgan fingerprint density at radius 3 is 2.27 bits per heavy atom. The van der Waals surface area contributed by atoms with Crippen LogP contribution in [0.3, 0.4) is 0 Å². The van der Waals surface area contributed by atoms with E-state index in [1.54, 1.807) is 0 Å². The third-order valence-electron chi connectivity index (χ3n) is 3.43. The molecular formula is C10H20O. The van der Waals surface area contributed by atoms with Crippen LogP contribution in [0.1, 0.15) is 40.0 Å². The normalized spacial score (nSPS) is 44.7. The lowest BCUT2D eigenvalue weighted by Gasteiger charge is -2.19. The maximum absolute atomic E-state index is 9.60. The lowest BCUT2D eigenvalue weighted by atomic mass is 9.86. The van der Waals surface area contributed by atoms with Crippen LogP contribution in [0.5, 0.6) is 0 Å². The van der Waals surface area contributed by atoms with Gasteiger partial charge in [0.15, 0.2) is 0 Å². The molecule has 1 rings (SSSR count). The molecule has 0 aromatic rings. The summed E-state index contributed by atoms with van der Waals surface area (Å²) < 4.78 is 0. The van der Waals surface area contributed by atoms with E-state index >= 15 is 0 Å². The van der Waals surface area contributed by atoms with E-state index in [0.29, 0.717) is 5.92 Å². The van der Waals surface area contributed by atoms with Gasteiger partial charge in [-0.25, -0.2) is 0 Å². The van der Waals surface area contributed by atoms with Gasteiger partial charge in [-0.05, 0) is 24.2 Å². The van der Waals surface area contributed by atoms with Gasteiger partial charge in [-0.2, -0.15) is 0 Å². The molecule has 0 aromatic carbocycles. The number of aliphatic hydroxyl groups excluding tert-OH is 1. The molecule has 1 N–H and O–H groups in total. The average Bonchev–Trinajstić information content (AvgIpc) is 2.28. The van der Waals surface area contributed by atoms with Crippen LogP contribution in [0.2, 0.25) is 0 Å². The van der Waals surface area contributed by atoms with Crippen molar-refractivity contribution in [3.8, 4) is 0 Å². The van der Waals surface area contributed by atoms with Gasteiger partial charge in [-0.1, -0.05) is 33.6 Å². The van der Waals surface area contributed by atoms with Crippen LogP contribution in [-0.4, -0.2) is 11.2 Å². The standard InChI is InChI=1S/C10H20O/c1-4-8-6-10(11)7(3)9(8)5-2/h7-11H,4-6H2,1-3H3. The van der Waals surface area contributed by atoms with Gasteiger partial charge in [0.25, 0.3) is 0 Å². The van der Waals surface area contributed by atoms with Crippen LogP contribution >= 0.6 is 0 Å². The summed E-state index contributed by atoms with van der Waals surface area (Å²) in [6.07, 6.45) is 3.48. The van der Waals surface area contributed by atoms with Crippen LogP contribution in [0.15, 0.2) is 0 Å². The number of hydrogen-bond acceptors (Lipinski definition) is 1. The predicted molar refractivity (Wildman–Crippen MR) is 47.3 cm³/mol. The van der Waals surface area contributed by atoms with E-state index < -0.39 is 0 Å². The van der Waals surface area contributed by atoms with Crippen LogP contribution in [0.25, 0.3) is 0 Å². The Kier molecular flexibility index (Phi) is 2.94. The van der Waals surface area contributed by atoms with Gasteiger partial charge in [0.2, 0.25) is 0 Å². The Hall–Kier alpha value is -0.0400. The lowest BCUT2D eigenvalue weighted by molar-refractivity contribution is 0.127. The molecule has 4 unspecified atom stereocenters. The first kappa shape index (κ1) is 9.05. The monoisotopic (exact) mass is 156 g/mol. The molecule has 1 saturated carbocycles. The minimum Gasteiger partial charge on any atom is -0.393 e. The number of rotatable bonds is 2. The molecule has 0 bridgehead atoms. The summed E-state index contributed by atoms with van der Waals surface area (Å²) in [4.78, 5) is 0. The highest BCUT2D eigenvalue weighted by atomic mass is 16.3. The molecule has 1 aliphatic rings. The van der Waals surface area contributed by atoms with Crippen LogP contribution in [0, 0.1) is 17.8 Å². The molecule has 1 fully saturated rings. The van der Waals surface area contributed by atoms with Crippen molar-refractivity contribution in [1.29, 1.82) is 0 Å². The average molecular weight is 156 g/mol. The molecule has 0 radical (unpaired) electrons. The smallest absolute Gasteiger partial charge is 0.0571 e. The molecule has 4 atom stereocenters. The van der Waals surface area contributed by atoms with E-state index in [9.17, 15) is 5.11 Å². The lowest BCUT2D eigenvalue weighted by Crippen LogP contribution is -2.15. The Morgan fingerprint density at radius 1 is 1.27 bits per heavy atom. The van der Waals surface area contributed by atoms with Gasteiger partial charge in [0.05, 0.1) is 6.10 Å². The summed E-state index contributed by atoms with van der Waals surface area (Å²) in [6.45, 7) is 6.66. The van der Waals surface area contributed by atoms with Crippen molar-refractivity contribution in [2.75, 3.05) is 0 Å². The second-order valence-corrected chi connectivity index (χ2v) is 3.90. The highest BCUT2D eigenvalue weighted by Crippen LogP contribution is 2.40. The zero-order valence-electron chi connectivity index (χ0n) is 7.88. The molecule has 1 aliphatic carbocycles. The fourth-order valence-corrected chi connectivity index (χ4v) is 2.59. The second-order valence-electron chi connectivity index (χ2n) is 3.90. The summed E-state index contributed by atoms with van der Waals surface area (Å²) in [5, 5.41) is 9.60. The van der Waals surface area contributed by atoms with Crippen molar-refractivity contribution in [3.05, 3.63) is 0 Å². The van der Waals surface area contributed by atoms with Gasteiger partial charge in [0.1, 0.15) is 0 Å². The van der Waals surface area contributed by atoms with E-state index in [-0.39, 0.29) is 6.10 Å². The van der Waals surface area contributed by atoms with Crippen molar-refractivity contribution in [1.82, 2.24) is 0 Å². The Morgan fingerprint density at radius 2 is 1.91 bits per heavy atom. The van der Waals surface area contributed by atoms with Crippen molar-refractivity contribution in [2.45, 2.75) is 46.1 Å². The zero-order chi connectivity index (χ0) is 8.43. The zero-order valence-corrected chi connectivity index (χ0v) is 7.88. The topological polar surface area (TPSA) is 20.2 Å². The highest BCUT2D eigenvalue weighted by molar-refractivity contribution is 4.87. The fraction of sp³-hybridized carbons (Fsp3) is 1.00. The molecule has 0 heterocycles. The van der Waals surface area contributed by atoms with E-state index in [1.165, 1.54) is 12.8 Å². The molecule has 0 saturated heterocycles. The first-order chi connectivity index (χ1) is 5.20. The Labute approximate surface area is 69.8 Å². The Bertz CT molecular complexity index is 122. The molecule has 0 aromatic heterocycles. The molecule has 0 spiro atoms. The summed E-state index contributed by atoms with van der Waals surface area (Å²) >= 11 is 0. The van der Waals surface area contributed by atoms with Crippen molar-refractivity contribution < 1.29 is 5.11 Å². The van der Waals surface area contributed by atoms with Crippen molar-refractivity contribution >= 4 is 0 Å². The van der Waals surface area contributed by atoms with Gasteiger partial charge in [-0.15, -0.1) is 0 Å². The van der Waals surface area contributed by atoms with Crippen molar-refractivity contribution in [3.63, 3.8) is 0 Å². The minimum absolute atomic E-state index is 0.0232. The largest absolute Gasteiger partial charge is 0.393 e. The Balaban J connectivity index is 2.57. The maximum Gasteiger partial charge on any atom is 0.0571 e. The van der Waals surface area contributed by atoms with E-state index in [1.807, 2.05) is 0 Å². The number of hydrogen-bond donors (Lipinski definition) is 1. The molecule has 66 valence electrons. The minimum atomic E-state index is -0.0232. The second kappa shape index (κ2) is 3.57. The van der Waals surface area contributed by atoms with Gasteiger partial charge < -0.3 is 5.11 Å². The molecule has 1 heteroatoms. The summed E-state index contributed by atoms with van der Waals surface area (Å²) in [6, 6.07) is 0. The van der Waals surface area contributed by atoms with Gasteiger partial charge >= 0.3 is 0 Å². The van der Waals surface area contributed by atoms with Crippen molar-refractivity contribution in [2.24, 2.45) is 17.8 Å². The van der Waals surface area contributed by atoms with E-state index in [4.69, 9.17) is 0 Å². The summed E-state index contributed by atoms with van der Waals surface area (Å²) in [5.74, 6) is 2.09. The molecule has 0 aliphatic heterocycles. The molecule has 0 amide bonds. The highest BCUT2D eigenvalue weighted by Gasteiger charge is 2.37. The first-order valence-electron chi connectivity index (χ1n) is 4.88. The fourth-order valence-electron chi connectivity index (χ4n) is 2.59. The van der Waals surface area contributed by atoms with Crippen LogP contribution in [-0.2, 0) is 0 Å². The van der Waals surface area contributed by atoms with Gasteiger partial charge in [0, 0.05) is 0 Å². The predicted octanol–water partition coefficient (Wildman–Crippen LogP) is 2.44. The first-order valence-corrected chi connectivity index (χ1v) is 4.88. The molecule has 1 nitrogen and oxygen atoms in total. The molecular weight excluding hydrogens is 136 g/mol. The van der Waals surface area contributed by atoms with E-state index in [0.717, 1.165) is 18.3 Å². The quantitative estimate of drug-likeness (QED) is 0.651. The van der Waals surface area contributed by atoms with Crippen LogP contribution in [0.4, 0.5) is 0 Å².